The second kappa shape index (κ2) is 11.1. The molecule has 1 aliphatic heterocycles. The van der Waals surface area contributed by atoms with E-state index in [2.05, 4.69) is 20.8 Å². The number of nitrogens with one attached hydrogen (secondary N) is 2. The average Bonchev–Trinajstić information content (AvgIpc) is 3.40. The fourth-order valence-electron chi connectivity index (χ4n) is 4.01. The monoisotopic (exact) mass is 480 g/mol. The van der Waals surface area contributed by atoms with E-state index >= 15 is 0 Å². The van der Waals surface area contributed by atoms with Gasteiger partial charge in [-0.3, -0.25) is 18.9 Å². The van der Waals surface area contributed by atoms with Gasteiger partial charge >= 0.3 is 6.03 Å². The van der Waals surface area contributed by atoms with Gasteiger partial charge in [-0.05, 0) is 49.0 Å². The predicted molar refractivity (Wildman–Crippen MR) is 130 cm³/mol. The third-order valence-electron chi connectivity index (χ3n) is 5.83. The van der Waals surface area contributed by atoms with Crippen LogP contribution in [0.2, 0.25) is 0 Å². The van der Waals surface area contributed by atoms with Crippen molar-refractivity contribution in [3.05, 3.63) is 66.1 Å². The quantitative estimate of drug-likeness (QED) is 0.409. The van der Waals surface area contributed by atoms with Gasteiger partial charge in [-0.1, -0.05) is 36.4 Å². The molecule has 4 amide bonds. The second-order valence-corrected chi connectivity index (χ2v) is 9.14. The van der Waals surface area contributed by atoms with Gasteiger partial charge in [-0.2, -0.15) is 11.8 Å². The minimum atomic E-state index is -0.687. The van der Waals surface area contributed by atoms with Crippen molar-refractivity contribution in [3.8, 4) is 0 Å². The number of nitrogens with zero attached hydrogens (tertiary/aromatic N) is 4. The lowest BCUT2D eigenvalue weighted by atomic mass is 10.1. The van der Waals surface area contributed by atoms with Gasteiger partial charge in [-0.25, -0.2) is 4.79 Å². The summed E-state index contributed by atoms with van der Waals surface area (Å²) in [7, 11) is 0. The number of pyridine rings is 1. The number of fused-ring (bicyclic) bond motifs is 1. The van der Waals surface area contributed by atoms with Crippen molar-refractivity contribution in [1.82, 2.24) is 30.1 Å². The highest BCUT2D eigenvalue weighted by atomic mass is 32.2. The Kier molecular flexibility index (Phi) is 7.79. The smallest absolute Gasteiger partial charge is 0.324 e. The van der Waals surface area contributed by atoms with Gasteiger partial charge in [0, 0.05) is 19.2 Å². The van der Waals surface area contributed by atoms with Gasteiger partial charge in [0.1, 0.15) is 6.04 Å². The van der Waals surface area contributed by atoms with Crippen LogP contribution in [0.25, 0.3) is 5.65 Å². The summed E-state index contributed by atoms with van der Waals surface area (Å²) in [5, 5.41) is 14.2. The molecule has 0 bridgehead atoms. The molecule has 10 heteroatoms. The van der Waals surface area contributed by atoms with Crippen LogP contribution in [0.4, 0.5) is 4.79 Å². The number of carbonyl (C=O) groups is 3. The number of aromatic nitrogens is 3. The zero-order chi connectivity index (χ0) is 23.9. The summed E-state index contributed by atoms with van der Waals surface area (Å²) in [5.74, 6) is 1.05. The zero-order valence-electron chi connectivity index (χ0n) is 19.0. The number of amides is 4. The van der Waals surface area contributed by atoms with Crippen LogP contribution in [-0.4, -0.2) is 61.9 Å². The average molecular weight is 481 g/mol. The van der Waals surface area contributed by atoms with E-state index in [1.165, 1.54) is 4.90 Å². The molecule has 178 valence electrons. The van der Waals surface area contributed by atoms with Crippen LogP contribution in [-0.2, 0) is 16.0 Å². The van der Waals surface area contributed by atoms with E-state index in [0.717, 1.165) is 17.0 Å². The van der Waals surface area contributed by atoms with E-state index in [4.69, 9.17) is 0 Å². The molecule has 3 heterocycles. The SMILES string of the molecule is CSCC[C@H](NC(=O)CC[C@@H]1NC(=O)N(CCc2ccccc2)C1=O)c1nnc2ccccn12. The molecule has 0 spiro atoms. The Morgan fingerprint density at radius 1 is 1.15 bits per heavy atom. The zero-order valence-corrected chi connectivity index (χ0v) is 19.8. The topological polar surface area (TPSA) is 109 Å². The molecular formula is C24H28N6O3S. The van der Waals surface area contributed by atoms with Crippen LogP contribution in [0, 0.1) is 0 Å². The molecule has 3 aromatic rings. The molecular weight excluding hydrogens is 452 g/mol. The molecule has 34 heavy (non-hydrogen) atoms. The van der Waals surface area contributed by atoms with E-state index in [1.807, 2.05) is 65.4 Å². The number of urea groups is 1. The highest BCUT2D eigenvalue weighted by Gasteiger charge is 2.37. The third-order valence-corrected chi connectivity index (χ3v) is 6.48. The van der Waals surface area contributed by atoms with Crippen LogP contribution >= 0.6 is 11.8 Å². The summed E-state index contributed by atoms with van der Waals surface area (Å²) in [5.41, 5.74) is 1.78. The lowest BCUT2D eigenvalue weighted by Gasteiger charge is -2.17. The van der Waals surface area contributed by atoms with Gasteiger partial charge in [-0.15, -0.1) is 10.2 Å². The molecule has 1 fully saturated rings. The molecule has 0 radical (unpaired) electrons. The normalized spacial score (nSPS) is 16.6. The van der Waals surface area contributed by atoms with Crippen molar-refractivity contribution in [2.24, 2.45) is 0 Å². The molecule has 4 rings (SSSR count). The Morgan fingerprint density at radius 2 is 1.94 bits per heavy atom. The maximum atomic E-state index is 12.8. The Hall–Kier alpha value is -3.40. The van der Waals surface area contributed by atoms with E-state index in [9.17, 15) is 14.4 Å². The molecule has 2 aromatic heterocycles. The first kappa shape index (κ1) is 23.7. The Balaban J connectivity index is 1.33. The highest BCUT2D eigenvalue weighted by Crippen LogP contribution is 2.19. The summed E-state index contributed by atoms with van der Waals surface area (Å²) in [4.78, 5) is 39.1. The van der Waals surface area contributed by atoms with Crippen molar-refractivity contribution in [3.63, 3.8) is 0 Å². The Morgan fingerprint density at radius 3 is 2.74 bits per heavy atom. The van der Waals surface area contributed by atoms with Crippen LogP contribution in [0.15, 0.2) is 54.7 Å². The minimum absolute atomic E-state index is 0.121. The number of hydrogen-bond acceptors (Lipinski definition) is 6. The van der Waals surface area contributed by atoms with Crippen molar-refractivity contribution in [2.75, 3.05) is 18.6 Å². The van der Waals surface area contributed by atoms with Crippen LogP contribution in [0.5, 0.6) is 0 Å². The van der Waals surface area contributed by atoms with E-state index < -0.39 is 12.1 Å². The van der Waals surface area contributed by atoms with E-state index in [-0.39, 0.29) is 30.7 Å². The molecule has 1 aliphatic rings. The summed E-state index contributed by atoms with van der Waals surface area (Å²) >= 11 is 1.69. The summed E-state index contributed by atoms with van der Waals surface area (Å²) in [6.07, 6.45) is 5.55. The number of rotatable bonds is 11. The number of thioether (sulfide) groups is 1. The second-order valence-electron chi connectivity index (χ2n) is 8.15. The number of carbonyl (C=O) groups excluding carboxylic acids is 3. The molecule has 0 unspecified atom stereocenters. The Bertz CT molecular complexity index is 1150. The first-order valence-corrected chi connectivity index (χ1v) is 12.7. The van der Waals surface area contributed by atoms with E-state index in [1.54, 1.807) is 11.8 Å². The summed E-state index contributed by atoms with van der Waals surface area (Å²) < 4.78 is 1.87. The maximum Gasteiger partial charge on any atom is 0.324 e. The molecule has 2 N–H and O–H groups in total. The van der Waals surface area contributed by atoms with Crippen molar-refractivity contribution in [2.45, 2.75) is 37.8 Å². The number of benzene rings is 1. The molecule has 2 atom stereocenters. The first-order chi connectivity index (χ1) is 16.6. The third kappa shape index (κ3) is 5.56. The van der Waals surface area contributed by atoms with Gasteiger partial charge in [0.15, 0.2) is 11.5 Å². The standard InChI is InChI=1S/C24H28N6O3S/c1-34-16-13-18(22-28-27-20-9-5-6-14-29(20)22)25-21(31)11-10-19-23(32)30(24(33)26-19)15-12-17-7-3-2-4-8-17/h2-9,14,18-19H,10-13,15-16H2,1H3,(H,25,31)(H,26,33)/t18-,19-/m0/s1. The van der Waals surface area contributed by atoms with Crippen molar-refractivity contribution in [1.29, 1.82) is 0 Å². The van der Waals surface area contributed by atoms with Crippen LogP contribution in [0.1, 0.15) is 36.7 Å². The largest absolute Gasteiger partial charge is 0.346 e. The van der Waals surface area contributed by atoms with Crippen molar-refractivity contribution < 1.29 is 14.4 Å². The summed E-state index contributed by atoms with van der Waals surface area (Å²) in [6.45, 7) is 0.314. The van der Waals surface area contributed by atoms with Crippen LogP contribution < -0.4 is 10.6 Å². The minimum Gasteiger partial charge on any atom is -0.346 e. The summed E-state index contributed by atoms with van der Waals surface area (Å²) in [6, 6.07) is 14.0. The fraction of sp³-hybridized carbons (Fsp3) is 0.375. The lowest BCUT2D eigenvalue weighted by molar-refractivity contribution is -0.127. The Labute approximate surface area is 202 Å². The number of imide groups is 1. The fourth-order valence-corrected chi connectivity index (χ4v) is 4.48. The molecule has 0 aliphatic carbocycles. The first-order valence-electron chi connectivity index (χ1n) is 11.3. The van der Waals surface area contributed by atoms with E-state index in [0.29, 0.717) is 25.2 Å². The molecule has 1 aromatic carbocycles. The molecule has 9 nitrogen and oxygen atoms in total. The van der Waals surface area contributed by atoms with Gasteiger partial charge in [0.25, 0.3) is 5.91 Å². The van der Waals surface area contributed by atoms with Gasteiger partial charge in [0.2, 0.25) is 5.91 Å². The maximum absolute atomic E-state index is 12.8. The predicted octanol–water partition coefficient (Wildman–Crippen LogP) is 2.58. The molecule has 0 saturated carbocycles. The van der Waals surface area contributed by atoms with Crippen molar-refractivity contribution >= 4 is 35.3 Å². The highest BCUT2D eigenvalue weighted by molar-refractivity contribution is 7.98. The lowest BCUT2D eigenvalue weighted by Crippen LogP contribution is -2.35. The number of hydrogen-bond donors (Lipinski definition) is 2. The molecule has 1 saturated heterocycles. The van der Waals surface area contributed by atoms with Crippen LogP contribution in [0.3, 0.4) is 0 Å². The van der Waals surface area contributed by atoms with Gasteiger partial charge < -0.3 is 10.6 Å². The van der Waals surface area contributed by atoms with Gasteiger partial charge in [0.05, 0.1) is 6.04 Å².